The van der Waals surface area contributed by atoms with Crippen LogP contribution in [-0.2, 0) is 20.7 Å². The molecule has 26 heavy (non-hydrogen) atoms. The lowest BCUT2D eigenvalue weighted by molar-refractivity contribution is -0.384. The number of ether oxygens (including phenoxy) is 2. The Labute approximate surface area is 151 Å². The Balaban J connectivity index is 1.53. The predicted octanol–water partition coefficient (Wildman–Crippen LogP) is 2.76. The number of amides is 1. The van der Waals surface area contributed by atoms with Crippen molar-refractivity contribution in [1.29, 1.82) is 0 Å². The molecule has 1 N–H and O–H groups in total. The number of non-ortho nitro benzene ring substituents is 1. The quantitative estimate of drug-likeness (QED) is 0.657. The first-order valence-electron chi connectivity index (χ1n) is 8.42. The van der Waals surface area contributed by atoms with E-state index in [-0.39, 0.29) is 17.6 Å². The summed E-state index contributed by atoms with van der Waals surface area (Å²) in [5.41, 5.74) is 1.69. The third-order valence-corrected chi connectivity index (χ3v) is 4.13. The van der Waals surface area contributed by atoms with E-state index in [4.69, 9.17) is 9.47 Å². The van der Waals surface area contributed by atoms with Gasteiger partial charge in [-0.3, -0.25) is 14.9 Å². The van der Waals surface area contributed by atoms with Crippen LogP contribution in [0.3, 0.4) is 0 Å². The monoisotopic (exact) mass is 356 g/mol. The number of carbonyl (C=O) groups excluding carboxylic acids is 1. The zero-order valence-electron chi connectivity index (χ0n) is 14.2. The van der Waals surface area contributed by atoms with Gasteiger partial charge in [0, 0.05) is 17.7 Å². The van der Waals surface area contributed by atoms with Crippen LogP contribution < -0.4 is 5.32 Å². The van der Waals surface area contributed by atoms with Crippen molar-refractivity contribution < 1.29 is 19.2 Å². The lowest BCUT2D eigenvalue weighted by Crippen LogP contribution is -2.38. The van der Waals surface area contributed by atoms with Gasteiger partial charge in [-0.2, -0.15) is 0 Å². The minimum atomic E-state index is -0.591. The maximum atomic E-state index is 12.2. The molecule has 1 amide bonds. The summed E-state index contributed by atoms with van der Waals surface area (Å²) in [5, 5.41) is 13.7. The summed E-state index contributed by atoms with van der Waals surface area (Å²) < 4.78 is 11.4. The fourth-order valence-electron chi connectivity index (χ4n) is 2.77. The number of hydrogen-bond acceptors (Lipinski definition) is 5. The van der Waals surface area contributed by atoms with Gasteiger partial charge in [0.1, 0.15) is 0 Å². The lowest BCUT2D eigenvalue weighted by Gasteiger charge is -2.17. The Hall–Kier alpha value is -2.77. The van der Waals surface area contributed by atoms with E-state index in [1.54, 1.807) is 12.1 Å². The zero-order chi connectivity index (χ0) is 18.4. The minimum Gasteiger partial charge on any atom is -0.351 e. The van der Waals surface area contributed by atoms with Crippen LogP contribution in [0, 0.1) is 10.1 Å². The van der Waals surface area contributed by atoms with Crippen LogP contribution in [-0.4, -0.2) is 30.1 Å². The van der Waals surface area contributed by atoms with Crippen LogP contribution in [0.1, 0.15) is 23.8 Å². The molecule has 7 heteroatoms. The fourth-order valence-corrected chi connectivity index (χ4v) is 2.77. The molecule has 1 aliphatic rings. The molecule has 0 saturated carbocycles. The van der Waals surface area contributed by atoms with Crippen molar-refractivity contribution in [2.45, 2.75) is 25.2 Å². The van der Waals surface area contributed by atoms with Gasteiger partial charge in [-0.1, -0.05) is 30.3 Å². The Morgan fingerprint density at radius 3 is 2.54 bits per heavy atom. The number of benzene rings is 2. The number of hydrogen-bond donors (Lipinski definition) is 1. The summed E-state index contributed by atoms with van der Waals surface area (Å²) in [6, 6.07) is 15.5. The van der Waals surface area contributed by atoms with Gasteiger partial charge in [-0.15, -0.1) is 0 Å². The Morgan fingerprint density at radius 1 is 1.12 bits per heavy atom. The van der Waals surface area contributed by atoms with Gasteiger partial charge in [0.15, 0.2) is 6.29 Å². The average Bonchev–Trinajstić information content (AvgIpc) is 2.88. The van der Waals surface area contributed by atoms with E-state index in [0.717, 1.165) is 5.56 Å². The van der Waals surface area contributed by atoms with Gasteiger partial charge < -0.3 is 14.8 Å². The van der Waals surface area contributed by atoms with Gasteiger partial charge in [0.2, 0.25) is 5.91 Å². The molecule has 0 aromatic heterocycles. The molecule has 2 aromatic rings. The molecular formula is C19H20N2O5. The molecule has 1 heterocycles. The van der Waals surface area contributed by atoms with Gasteiger partial charge in [0.25, 0.3) is 5.69 Å². The summed E-state index contributed by atoms with van der Waals surface area (Å²) in [5.74, 6) is -0.0569. The second-order valence-corrected chi connectivity index (χ2v) is 6.10. The van der Waals surface area contributed by atoms with Crippen LogP contribution in [0.2, 0.25) is 0 Å². The van der Waals surface area contributed by atoms with Crippen molar-refractivity contribution in [3.63, 3.8) is 0 Å². The van der Waals surface area contributed by atoms with E-state index in [9.17, 15) is 14.9 Å². The molecule has 1 aliphatic heterocycles. The first kappa shape index (κ1) is 18.0. The minimum absolute atomic E-state index is 0.0217. The third-order valence-electron chi connectivity index (χ3n) is 4.13. The van der Waals surface area contributed by atoms with Crippen molar-refractivity contribution in [1.82, 2.24) is 5.32 Å². The normalized spacial score (nSPS) is 20.2. The molecule has 2 aromatic carbocycles. The molecule has 0 radical (unpaired) electrons. The smallest absolute Gasteiger partial charge is 0.269 e. The summed E-state index contributed by atoms with van der Waals surface area (Å²) >= 11 is 0. The highest BCUT2D eigenvalue weighted by atomic mass is 16.7. The van der Waals surface area contributed by atoms with Crippen molar-refractivity contribution in [3.05, 3.63) is 75.8 Å². The summed E-state index contributed by atoms with van der Waals surface area (Å²) in [4.78, 5) is 22.4. The molecule has 3 rings (SSSR count). The molecule has 0 bridgehead atoms. The molecular weight excluding hydrogens is 336 g/mol. The van der Waals surface area contributed by atoms with Crippen LogP contribution in [0.5, 0.6) is 0 Å². The average molecular weight is 356 g/mol. The predicted molar refractivity (Wildman–Crippen MR) is 94.4 cm³/mol. The summed E-state index contributed by atoms with van der Waals surface area (Å²) in [6.07, 6.45) is 0.375. The molecule has 7 nitrogen and oxygen atoms in total. The third kappa shape index (κ3) is 4.87. The highest BCUT2D eigenvalue weighted by Gasteiger charge is 2.22. The SMILES string of the molecule is O=C(Cc1ccccc1)N[C@H]1CCO[C@H](c2ccc([N+](=O)[O-])cc2)OC1. The van der Waals surface area contributed by atoms with E-state index in [1.807, 2.05) is 30.3 Å². The molecule has 0 unspecified atom stereocenters. The number of nitrogens with one attached hydrogen (secondary N) is 1. The van der Waals surface area contributed by atoms with Gasteiger partial charge in [-0.05, 0) is 24.1 Å². The van der Waals surface area contributed by atoms with E-state index < -0.39 is 11.2 Å². The largest absolute Gasteiger partial charge is 0.351 e. The molecule has 2 atom stereocenters. The Morgan fingerprint density at radius 2 is 1.85 bits per heavy atom. The van der Waals surface area contributed by atoms with Crippen molar-refractivity contribution in [2.75, 3.05) is 13.2 Å². The number of rotatable bonds is 5. The van der Waals surface area contributed by atoms with Crippen LogP contribution in [0.25, 0.3) is 0 Å². The van der Waals surface area contributed by atoms with E-state index in [2.05, 4.69) is 5.32 Å². The topological polar surface area (TPSA) is 90.7 Å². The van der Waals surface area contributed by atoms with Crippen LogP contribution in [0.15, 0.2) is 54.6 Å². The standard InChI is InChI=1S/C19H20N2O5/c22-18(12-14-4-2-1-3-5-14)20-16-10-11-25-19(26-13-16)15-6-8-17(9-7-15)21(23)24/h1-9,16,19H,10-13H2,(H,20,22)/t16-,19-/m0/s1. The molecule has 0 spiro atoms. The number of nitrogens with zero attached hydrogens (tertiary/aromatic N) is 1. The van der Waals surface area contributed by atoms with Crippen LogP contribution in [0.4, 0.5) is 5.69 Å². The van der Waals surface area contributed by atoms with Crippen molar-refractivity contribution in [2.24, 2.45) is 0 Å². The zero-order valence-corrected chi connectivity index (χ0v) is 14.2. The molecule has 1 fully saturated rings. The second kappa shape index (κ2) is 8.55. The number of nitro benzene ring substituents is 1. The van der Waals surface area contributed by atoms with E-state index in [0.29, 0.717) is 31.6 Å². The lowest BCUT2D eigenvalue weighted by atomic mass is 10.1. The Bertz CT molecular complexity index is 748. The number of nitro groups is 1. The molecule has 1 saturated heterocycles. The molecule has 0 aliphatic carbocycles. The summed E-state index contributed by atoms with van der Waals surface area (Å²) in [7, 11) is 0. The fraction of sp³-hybridized carbons (Fsp3) is 0.316. The van der Waals surface area contributed by atoms with Crippen molar-refractivity contribution in [3.8, 4) is 0 Å². The summed E-state index contributed by atoms with van der Waals surface area (Å²) in [6.45, 7) is 0.750. The first-order chi connectivity index (χ1) is 12.6. The maximum Gasteiger partial charge on any atom is 0.269 e. The first-order valence-corrected chi connectivity index (χ1v) is 8.42. The van der Waals surface area contributed by atoms with E-state index >= 15 is 0 Å². The van der Waals surface area contributed by atoms with Gasteiger partial charge in [0.05, 0.1) is 30.6 Å². The maximum absolute atomic E-state index is 12.2. The van der Waals surface area contributed by atoms with Gasteiger partial charge >= 0.3 is 0 Å². The Kier molecular flexibility index (Phi) is 5.93. The highest BCUT2D eigenvalue weighted by Crippen LogP contribution is 2.24. The van der Waals surface area contributed by atoms with Crippen molar-refractivity contribution >= 4 is 11.6 Å². The van der Waals surface area contributed by atoms with E-state index in [1.165, 1.54) is 12.1 Å². The number of carbonyl (C=O) groups is 1. The molecule has 136 valence electrons. The van der Waals surface area contributed by atoms with Gasteiger partial charge in [-0.25, -0.2) is 0 Å². The highest BCUT2D eigenvalue weighted by molar-refractivity contribution is 5.78. The second-order valence-electron chi connectivity index (χ2n) is 6.10. The van der Waals surface area contributed by atoms with Crippen LogP contribution >= 0.6 is 0 Å².